The van der Waals surface area contributed by atoms with E-state index in [-0.39, 0.29) is 0 Å². The summed E-state index contributed by atoms with van der Waals surface area (Å²) in [5, 5.41) is 2.06. The molecule has 74 valence electrons. The Balaban J connectivity index is 2.19. The molecule has 0 atom stereocenters. The number of aromatic nitrogens is 3. The molecular weight excluding hydrogens is 274 g/mol. The van der Waals surface area contributed by atoms with E-state index < -0.39 is 0 Å². The Bertz CT molecular complexity index is 581. The van der Waals surface area contributed by atoms with Gasteiger partial charge in [-0.05, 0) is 28.1 Å². The predicted molar refractivity (Wildman–Crippen MR) is 64.9 cm³/mol. The van der Waals surface area contributed by atoms with Gasteiger partial charge in [0.25, 0.3) is 0 Å². The van der Waals surface area contributed by atoms with E-state index in [4.69, 9.17) is 0 Å². The summed E-state index contributed by atoms with van der Waals surface area (Å²) >= 11 is 5.09. The van der Waals surface area contributed by atoms with Crippen LogP contribution in [0.25, 0.3) is 22.4 Å². The lowest BCUT2D eigenvalue weighted by molar-refractivity contribution is 1.33. The third kappa shape index (κ3) is 1.57. The van der Waals surface area contributed by atoms with Crippen LogP contribution in [0.4, 0.5) is 0 Å². The highest BCUT2D eigenvalue weighted by molar-refractivity contribution is 9.11. The van der Waals surface area contributed by atoms with Gasteiger partial charge in [0.15, 0.2) is 0 Å². The number of H-pyrrole nitrogens is 1. The van der Waals surface area contributed by atoms with E-state index in [0.29, 0.717) is 0 Å². The quantitative estimate of drug-likeness (QED) is 0.741. The number of nitrogens with zero attached hydrogens (tertiary/aromatic N) is 2. The van der Waals surface area contributed by atoms with Crippen molar-refractivity contribution >= 4 is 38.3 Å². The number of thiophene rings is 1. The molecule has 0 aliphatic carbocycles. The van der Waals surface area contributed by atoms with Crippen molar-refractivity contribution in [2.24, 2.45) is 0 Å². The van der Waals surface area contributed by atoms with Gasteiger partial charge in [0, 0.05) is 17.1 Å². The molecule has 3 aromatic heterocycles. The number of rotatable bonds is 1. The second kappa shape index (κ2) is 3.43. The van der Waals surface area contributed by atoms with Crippen molar-refractivity contribution < 1.29 is 0 Å². The molecule has 3 aromatic rings. The van der Waals surface area contributed by atoms with Gasteiger partial charge < -0.3 is 4.98 Å². The van der Waals surface area contributed by atoms with Gasteiger partial charge >= 0.3 is 0 Å². The van der Waals surface area contributed by atoms with Crippen LogP contribution in [0, 0.1) is 0 Å². The van der Waals surface area contributed by atoms with E-state index in [2.05, 4.69) is 42.3 Å². The topological polar surface area (TPSA) is 41.6 Å². The van der Waals surface area contributed by atoms with Crippen LogP contribution in [0.5, 0.6) is 0 Å². The number of imidazole rings is 1. The smallest absolute Gasteiger partial charge is 0.139 e. The first kappa shape index (κ1) is 9.06. The summed E-state index contributed by atoms with van der Waals surface area (Å²) in [4.78, 5) is 11.8. The molecule has 3 rings (SSSR count). The molecule has 0 aliphatic heterocycles. The summed E-state index contributed by atoms with van der Waals surface area (Å²) in [5.41, 5.74) is 3.01. The maximum Gasteiger partial charge on any atom is 0.139 e. The molecule has 0 saturated carbocycles. The molecule has 0 aliphatic rings. The van der Waals surface area contributed by atoms with Crippen molar-refractivity contribution in [2.75, 3.05) is 0 Å². The van der Waals surface area contributed by atoms with E-state index in [9.17, 15) is 0 Å². The Morgan fingerprint density at radius 1 is 1.40 bits per heavy atom. The Morgan fingerprint density at radius 2 is 2.33 bits per heavy atom. The monoisotopic (exact) mass is 279 g/mol. The number of fused-ring (bicyclic) bond motifs is 1. The molecule has 0 amide bonds. The molecule has 0 fully saturated rings. The maximum absolute atomic E-state index is 4.49. The second-order valence-corrected chi connectivity index (χ2v) is 5.41. The summed E-state index contributed by atoms with van der Waals surface area (Å²) in [6.45, 7) is 0. The number of aromatic amines is 1. The zero-order valence-corrected chi connectivity index (χ0v) is 9.97. The first-order valence-corrected chi connectivity index (χ1v) is 6.04. The molecule has 0 aromatic carbocycles. The highest BCUT2D eigenvalue weighted by Crippen LogP contribution is 2.28. The number of nitrogens with one attached hydrogen (secondary N) is 1. The van der Waals surface area contributed by atoms with Crippen LogP contribution in [0.15, 0.2) is 33.7 Å². The fourth-order valence-corrected chi connectivity index (χ4v) is 2.57. The summed E-state index contributed by atoms with van der Waals surface area (Å²) in [6.07, 6.45) is 3.53. The lowest BCUT2D eigenvalue weighted by Gasteiger charge is -1.86. The number of halogens is 1. The Kier molecular flexibility index (Phi) is 2.07. The van der Waals surface area contributed by atoms with Gasteiger partial charge in [0.05, 0.1) is 21.0 Å². The van der Waals surface area contributed by atoms with E-state index >= 15 is 0 Å². The molecule has 5 heteroatoms. The third-order valence-corrected chi connectivity index (χ3v) is 3.63. The van der Waals surface area contributed by atoms with E-state index in [1.165, 1.54) is 0 Å². The Hall–Kier alpha value is -1.20. The standard InChI is InChI=1S/C10H6BrN3S/c11-9-3-6(5-15-9)10-13-7-1-2-12-4-8(7)14-10/h1-5H,(H,13,14). The molecule has 0 bridgehead atoms. The van der Waals surface area contributed by atoms with Gasteiger partial charge in [-0.1, -0.05) is 0 Å². The average molecular weight is 280 g/mol. The van der Waals surface area contributed by atoms with Gasteiger partial charge in [-0.25, -0.2) is 4.98 Å². The molecule has 3 heterocycles. The molecule has 15 heavy (non-hydrogen) atoms. The normalized spacial score (nSPS) is 11.0. The average Bonchev–Trinajstić information content (AvgIpc) is 2.82. The maximum atomic E-state index is 4.49. The van der Waals surface area contributed by atoms with Crippen molar-refractivity contribution in [3.63, 3.8) is 0 Å². The van der Waals surface area contributed by atoms with Crippen LogP contribution in [0.3, 0.4) is 0 Å². The number of hydrogen-bond acceptors (Lipinski definition) is 3. The molecule has 1 N–H and O–H groups in total. The first-order chi connectivity index (χ1) is 7.33. The van der Waals surface area contributed by atoms with Crippen molar-refractivity contribution in [2.45, 2.75) is 0 Å². The minimum atomic E-state index is 0.889. The van der Waals surface area contributed by atoms with Crippen LogP contribution >= 0.6 is 27.3 Å². The molecule has 3 nitrogen and oxygen atoms in total. The summed E-state index contributed by atoms with van der Waals surface area (Å²) in [6, 6.07) is 3.95. The van der Waals surface area contributed by atoms with Crippen LogP contribution in [0.1, 0.15) is 0 Å². The van der Waals surface area contributed by atoms with Gasteiger partial charge in [0.2, 0.25) is 0 Å². The Morgan fingerprint density at radius 3 is 3.07 bits per heavy atom. The van der Waals surface area contributed by atoms with Crippen molar-refractivity contribution in [1.82, 2.24) is 15.0 Å². The number of pyridine rings is 1. The highest BCUT2D eigenvalue weighted by Gasteiger charge is 2.06. The lowest BCUT2D eigenvalue weighted by atomic mass is 10.3. The molecule has 0 saturated heterocycles. The number of hydrogen-bond donors (Lipinski definition) is 1. The van der Waals surface area contributed by atoms with Crippen molar-refractivity contribution in [1.29, 1.82) is 0 Å². The van der Waals surface area contributed by atoms with Crippen molar-refractivity contribution in [3.8, 4) is 11.4 Å². The molecule has 0 radical (unpaired) electrons. The summed E-state index contributed by atoms with van der Waals surface area (Å²) in [5.74, 6) is 0.889. The van der Waals surface area contributed by atoms with Crippen LogP contribution < -0.4 is 0 Å². The molecule has 0 unspecified atom stereocenters. The van der Waals surface area contributed by atoms with Crippen molar-refractivity contribution in [3.05, 3.63) is 33.7 Å². The summed E-state index contributed by atoms with van der Waals surface area (Å²) in [7, 11) is 0. The largest absolute Gasteiger partial charge is 0.337 e. The minimum absolute atomic E-state index is 0.889. The van der Waals surface area contributed by atoms with Gasteiger partial charge in [0.1, 0.15) is 5.82 Å². The molecule has 0 spiro atoms. The second-order valence-electron chi connectivity index (χ2n) is 3.12. The van der Waals surface area contributed by atoms with Gasteiger partial charge in [-0.2, -0.15) is 0 Å². The Labute approximate surface area is 98.3 Å². The van der Waals surface area contributed by atoms with Crippen LogP contribution in [0.2, 0.25) is 0 Å². The SMILES string of the molecule is Brc1cc(-c2nc3ccncc3[nH]2)cs1. The van der Waals surface area contributed by atoms with Gasteiger partial charge in [-0.3, -0.25) is 4.98 Å². The fourth-order valence-electron chi connectivity index (χ4n) is 1.43. The van der Waals surface area contributed by atoms with Crippen LogP contribution in [-0.2, 0) is 0 Å². The zero-order chi connectivity index (χ0) is 10.3. The van der Waals surface area contributed by atoms with Crippen LogP contribution in [-0.4, -0.2) is 15.0 Å². The van der Waals surface area contributed by atoms with Gasteiger partial charge in [-0.15, -0.1) is 11.3 Å². The lowest BCUT2D eigenvalue weighted by Crippen LogP contribution is -1.74. The van der Waals surface area contributed by atoms with E-state index in [1.807, 2.05) is 6.07 Å². The zero-order valence-electron chi connectivity index (χ0n) is 7.57. The summed E-state index contributed by atoms with van der Waals surface area (Å²) < 4.78 is 1.11. The molecular formula is C10H6BrN3S. The fraction of sp³-hybridized carbons (Fsp3) is 0. The van der Waals surface area contributed by atoms with E-state index in [1.54, 1.807) is 23.7 Å². The first-order valence-electron chi connectivity index (χ1n) is 4.37. The van der Waals surface area contributed by atoms with E-state index in [0.717, 1.165) is 26.2 Å². The third-order valence-electron chi connectivity index (χ3n) is 2.12. The predicted octanol–water partition coefficient (Wildman–Crippen LogP) is 3.45. The highest BCUT2D eigenvalue weighted by atomic mass is 79.9. The minimum Gasteiger partial charge on any atom is -0.337 e.